The zero-order valence-corrected chi connectivity index (χ0v) is 14.4. The molecule has 4 heteroatoms. The van der Waals surface area contributed by atoms with Crippen molar-refractivity contribution in [1.82, 2.24) is 0 Å². The molecule has 0 aliphatic carbocycles. The minimum Gasteiger partial charge on any atom is -0.494 e. The van der Waals surface area contributed by atoms with Crippen LogP contribution in [0.4, 0.5) is 0 Å². The lowest BCUT2D eigenvalue weighted by Crippen LogP contribution is -2.03. The lowest BCUT2D eigenvalue weighted by atomic mass is 10.0. The average molecular weight is 370 g/mol. The first-order valence-electron chi connectivity index (χ1n) is 6.95. The lowest BCUT2D eigenvalue weighted by Gasteiger charge is -2.18. The van der Waals surface area contributed by atoms with Gasteiger partial charge in [-0.3, -0.25) is 0 Å². The Bertz CT molecular complexity index is 601. The van der Waals surface area contributed by atoms with Crippen LogP contribution in [0, 0.1) is 0 Å². The molecule has 2 aromatic carbocycles. The van der Waals surface area contributed by atoms with E-state index in [4.69, 9.17) is 21.1 Å². The van der Waals surface area contributed by atoms with Crippen LogP contribution < -0.4 is 9.47 Å². The van der Waals surface area contributed by atoms with Crippen LogP contribution in [0.3, 0.4) is 0 Å². The number of rotatable bonds is 6. The normalized spacial score (nSPS) is 12.0. The van der Waals surface area contributed by atoms with E-state index in [1.54, 1.807) is 0 Å². The number of benzene rings is 2. The summed E-state index contributed by atoms with van der Waals surface area (Å²) in [6.07, 6.45) is 0. The molecule has 2 nitrogen and oxygen atoms in total. The van der Waals surface area contributed by atoms with E-state index < -0.39 is 0 Å². The van der Waals surface area contributed by atoms with Crippen LogP contribution in [-0.2, 0) is 0 Å². The van der Waals surface area contributed by atoms with Gasteiger partial charge in [-0.1, -0.05) is 34.1 Å². The molecule has 0 spiro atoms. The van der Waals surface area contributed by atoms with E-state index in [1.807, 2.05) is 56.3 Å². The molecule has 2 rings (SSSR count). The molecule has 0 saturated carbocycles. The number of ether oxygens (including phenoxy) is 2. The molecule has 0 bridgehead atoms. The summed E-state index contributed by atoms with van der Waals surface area (Å²) >= 11 is 10.2. The van der Waals surface area contributed by atoms with Crippen LogP contribution in [0.25, 0.3) is 0 Å². The number of hydrogen-bond donors (Lipinski definition) is 0. The van der Waals surface area contributed by atoms with Gasteiger partial charge in [-0.25, -0.2) is 0 Å². The van der Waals surface area contributed by atoms with Crippen LogP contribution in [0.2, 0.25) is 0 Å². The molecule has 2 aromatic rings. The second kappa shape index (κ2) is 7.71. The molecule has 1 atom stereocenters. The zero-order valence-electron chi connectivity index (χ0n) is 12.1. The molecule has 0 radical (unpaired) electrons. The number of halogens is 2. The molecule has 0 aliphatic heterocycles. The summed E-state index contributed by atoms with van der Waals surface area (Å²) in [5.74, 6) is 1.61. The van der Waals surface area contributed by atoms with E-state index in [0.29, 0.717) is 13.2 Å². The van der Waals surface area contributed by atoms with Crippen molar-refractivity contribution in [3.8, 4) is 11.5 Å². The molecule has 0 saturated heterocycles. The van der Waals surface area contributed by atoms with Gasteiger partial charge in [0, 0.05) is 15.6 Å². The SMILES string of the molecule is CCOc1ccccc1C(Cl)c1cc(Br)ccc1OCC. The maximum Gasteiger partial charge on any atom is 0.124 e. The lowest BCUT2D eigenvalue weighted by molar-refractivity contribution is 0.332. The maximum atomic E-state index is 6.70. The van der Waals surface area contributed by atoms with Crippen LogP contribution in [0.1, 0.15) is 30.4 Å². The van der Waals surface area contributed by atoms with Crippen LogP contribution in [-0.4, -0.2) is 13.2 Å². The molecule has 0 N–H and O–H groups in total. The molecule has 0 aromatic heterocycles. The second-order valence-electron chi connectivity index (χ2n) is 4.45. The van der Waals surface area contributed by atoms with Crippen molar-refractivity contribution >= 4 is 27.5 Å². The summed E-state index contributed by atoms with van der Waals surface area (Å²) in [6, 6.07) is 13.7. The molecular formula is C17H18BrClO2. The monoisotopic (exact) mass is 368 g/mol. The van der Waals surface area contributed by atoms with Gasteiger partial charge in [-0.05, 0) is 38.1 Å². The summed E-state index contributed by atoms with van der Waals surface area (Å²) in [5.41, 5.74) is 1.88. The van der Waals surface area contributed by atoms with Gasteiger partial charge in [0.25, 0.3) is 0 Å². The minimum absolute atomic E-state index is 0.327. The van der Waals surface area contributed by atoms with Crippen molar-refractivity contribution in [1.29, 1.82) is 0 Å². The van der Waals surface area contributed by atoms with Gasteiger partial charge < -0.3 is 9.47 Å². The Morgan fingerprint density at radius 2 is 1.57 bits per heavy atom. The van der Waals surface area contributed by atoms with Crippen LogP contribution in [0.15, 0.2) is 46.9 Å². The topological polar surface area (TPSA) is 18.5 Å². The average Bonchev–Trinajstić information content (AvgIpc) is 2.49. The van der Waals surface area contributed by atoms with Crippen molar-refractivity contribution in [3.05, 3.63) is 58.1 Å². The summed E-state index contributed by atoms with van der Waals surface area (Å²) in [4.78, 5) is 0. The van der Waals surface area contributed by atoms with Gasteiger partial charge >= 0.3 is 0 Å². The Balaban J connectivity index is 2.44. The largest absolute Gasteiger partial charge is 0.494 e. The quantitative estimate of drug-likeness (QED) is 0.619. The van der Waals surface area contributed by atoms with Crippen molar-refractivity contribution in [3.63, 3.8) is 0 Å². The highest BCUT2D eigenvalue weighted by Crippen LogP contribution is 2.40. The Morgan fingerprint density at radius 3 is 2.24 bits per heavy atom. The standard InChI is InChI=1S/C17H18BrClO2/c1-3-20-15-8-6-5-7-13(15)17(19)14-11-12(18)9-10-16(14)21-4-2/h5-11,17H,3-4H2,1-2H3. The van der Waals surface area contributed by atoms with E-state index in [-0.39, 0.29) is 5.38 Å². The predicted molar refractivity (Wildman–Crippen MR) is 90.6 cm³/mol. The number of para-hydroxylation sites is 1. The maximum absolute atomic E-state index is 6.70. The Labute approximate surface area is 139 Å². The molecule has 21 heavy (non-hydrogen) atoms. The van der Waals surface area contributed by atoms with Gasteiger partial charge in [-0.15, -0.1) is 11.6 Å². The predicted octanol–water partition coefficient (Wildman–Crippen LogP) is 5.57. The smallest absolute Gasteiger partial charge is 0.124 e. The fourth-order valence-electron chi connectivity index (χ4n) is 2.15. The van der Waals surface area contributed by atoms with Crippen molar-refractivity contribution in [2.24, 2.45) is 0 Å². The van der Waals surface area contributed by atoms with Crippen molar-refractivity contribution in [2.75, 3.05) is 13.2 Å². The van der Waals surface area contributed by atoms with E-state index in [2.05, 4.69) is 15.9 Å². The minimum atomic E-state index is -0.327. The second-order valence-corrected chi connectivity index (χ2v) is 5.80. The van der Waals surface area contributed by atoms with Gasteiger partial charge in [0.1, 0.15) is 11.5 Å². The molecular weight excluding hydrogens is 352 g/mol. The number of alkyl halides is 1. The van der Waals surface area contributed by atoms with E-state index in [1.165, 1.54) is 0 Å². The van der Waals surface area contributed by atoms with Gasteiger partial charge in [0.15, 0.2) is 0 Å². The first-order valence-corrected chi connectivity index (χ1v) is 8.18. The highest BCUT2D eigenvalue weighted by Gasteiger charge is 2.19. The highest BCUT2D eigenvalue weighted by molar-refractivity contribution is 9.10. The zero-order chi connectivity index (χ0) is 15.2. The van der Waals surface area contributed by atoms with Gasteiger partial charge in [0.05, 0.1) is 18.6 Å². The Kier molecular flexibility index (Phi) is 5.95. The van der Waals surface area contributed by atoms with E-state index >= 15 is 0 Å². The van der Waals surface area contributed by atoms with Crippen molar-refractivity contribution in [2.45, 2.75) is 19.2 Å². The van der Waals surface area contributed by atoms with Crippen LogP contribution in [0.5, 0.6) is 11.5 Å². The van der Waals surface area contributed by atoms with Gasteiger partial charge in [-0.2, -0.15) is 0 Å². The third-order valence-corrected chi connectivity index (χ3v) is 4.00. The highest BCUT2D eigenvalue weighted by atomic mass is 79.9. The Morgan fingerprint density at radius 1 is 0.952 bits per heavy atom. The van der Waals surface area contributed by atoms with E-state index in [0.717, 1.165) is 27.1 Å². The van der Waals surface area contributed by atoms with Gasteiger partial charge in [0.2, 0.25) is 0 Å². The summed E-state index contributed by atoms with van der Waals surface area (Å²) in [7, 11) is 0. The fraction of sp³-hybridized carbons (Fsp3) is 0.294. The molecule has 1 unspecified atom stereocenters. The first kappa shape index (κ1) is 16.2. The van der Waals surface area contributed by atoms with Crippen LogP contribution >= 0.6 is 27.5 Å². The third-order valence-electron chi connectivity index (χ3n) is 3.04. The summed E-state index contributed by atoms with van der Waals surface area (Å²) < 4.78 is 12.3. The molecule has 0 heterocycles. The molecule has 0 aliphatic rings. The summed E-state index contributed by atoms with van der Waals surface area (Å²) in [6.45, 7) is 5.14. The first-order chi connectivity index (χ1) is 10.2. The van der Waals surface area contributed by atoms with E-state index in [9.17, 15) is 0 Å². The Hall–Kier alpha value is -1.19. The van der Waals surface area contributed by atoms with Crippen molar-refractivity contribution < 1.29 is 9.47 Å². The molecule has 0 fully saturated rings. The number of hydrogen-bond acceptors (Lipinski definition) is 2. The molecule has 112 valence electrons. The molecule has 0 amide bonds. The fourth-order valence-corrected chi connectivity index (χ4v) is 2.88. The third kappa shape index (κ3) is 3.92. The summed E-state index contributed by atoms with van der Waals surface area (Å²) in [5, 5.41) is -0.327.